The highest BCUT2D eigenvalue weighted by atomic mass is 33.1. The van der Waals surface area contributed by atoms with Gasteiger partial charge in [-0.2, -0.15) is 0 Å². The minimum Gasteiger partial charge on any atom is -0.456 e. The van der Waals surface area contributed by atoms with Gasteiger partial charge in [0.2, 0.25) is 5.91 Å². The van der Waals surface area contributed by atoms with Crippen LogP contribution in [-0.4, -0.2) is 52.4 Å². The van der Waals surface area contributed by atoms with Gasteiger partial charge in [0.25, 0.3) is 5.69 Å². The van der Waals surface area contributed by atoms with Crippen molar-refractivity contribution >= 4 is 69.0 Å². The number of esters is 1. The SMILES string of the molecule is CC(C)=C(C(=O)OCc1ccc([N+](=O)[O-])cc1)N1C[C@@](SSc2cccc3scnc23)([C@@H](C)O[Si](C)(C)C(C)(C)C)C1=O. The molecule has 1 saturated heterocycles. The van der Waals surface area contributed by atoms with E-state index in [1.165, 1.54) is 38.6 Å². The van der Waals surface area contributed by atoms with Crippen LogP contribution in [0, 0.1) is 10.1 Å². The van der Waals surface area contributed by atoms with Gasteiger partial charge in [-0.25, -0.2) is 9.78 Å². The van der Waals surface area contributed by atoms with Crippen LogP contribution in [0.15, 0.2) is 64.1 Å². The van der Waals surface area contributed by atoms with E-state index in [-0.39, 0.29) is 35.5 Å². The Hall–Kier alpha value is -2.71. The van der Waals surface area contributed by atoms with Crippen molar-refractivity contribution in [3.05, 3.63) is 74.9 Å². The van der Waals surface area contributed by atoms with Crippen molar-refractivity contribution in [3.8, 4) is 0 Å². The number of nitro groups is 1. The lowest BCUT2D eigenvalue weighted by molar-refractivity contribution is -0.384. The van der Waals surface area contributed by atoms with Crippen LogP contribution >= 0.6 is 32.9 Å². The number of aromatic nitrogens is 1. The maximum Gasteiger partial charge on any atom is 0.355 e. The second-order valence-corrected chi connectivity index (χ2v) is 20.4. The first-order valence-electron chi connectivity index (χ1n) is 13.8. The predicted molar refractivity (Wildman–Crippen MR) is 177 cm³/mol. The van der Waals surface area contributed by atoms with Crippen molar-refractivity contribution in [1.82, 2.24) is 9.88 Å². The number of para-hydroxylation sites is 1. The molecule has 0 saturated carbocycles. The summed E-state index contributed by atoms with van der Waals surface area (Å²) in [5.41, 5.74) is 4.14. The fourth-order valence-electron chi connectivity index (χ4n) is 4.40. The molecule has 13 heteroatoms. The largest absolute Gasteiger partial charge is 0.456 e. The molecule has 1 aliphatic heterocycles. The van der Waals surface area contributed by atoms with E-state index in [4.69, 9.17) is 9.16 Å². The molecule has 9 nitrogen and oxygen atoms in total. The molecule has 0 N–H and O–H groups in total. The number of nitro benzene ring substituents is 1. The number of amides is 1. The lowest BCUT2D eigenvalue weighted by Crippen LogP contribution is -2.70. The number of hydrogen-bond acceptors (Lipinski definition) is 10. The van der Waals surface area contributed by atoms with E-state index < -0.39 is 30.1 Å². The zero-order valence-corrected chi connectivity index (χ0v) is 29.1. The van der Waals surface area contributed by atoms with Crippen LogP contribution in [0.25, 0.3) is 10.2 Å². The second-order valence-electron chi connectivity index (χ2n) is 12.3. The van der Waals surface area contributed by atoms with Gasteiger partial charge in [-0.1, -0.05) is 48.4 Å². The number of rotatable bonds is 11. The van der Waals surface area contributed by atoms with Gasteiger partial charge in [-0.15, -0.1) is 11.3 Å². The summed E-state index contributed by atoms with van der Waals surface area (Å²) in [5, 5.41) is 10.9. The fourth-order valence-corrected chi connectivity index (χ4v) is 9.75. The molecule has 0 radical (unpaired) electrons. The van der Waals surface area contributed by atoms with Gasteiger partial charge in [-0.05, 0) is 74.3 Å². The molecule has 0 bridgehead atoms. The maximum atomic E-state index is 14.2. The second kappa shape index (κ2) is 12.7. The zero-order valence-electron chi connectivity index (χ0n) is 25.6. The number of carbonyl (C=O) groups is 2. The minimum atomic E-state index is -2.23. The number of nitrogens with zero attached hydrogens (tertiary/aromatic N) is 3. The van der Waals surface area contributed by atoms with Crippen LogP contribution in [0.2, 0.25) is 18.1 Å². The summed E-state index contributed by atoms with van der Waals surface area (Å²) in [7, 11) is 0.743. The van der Waals surface area contributed by atoms with Crippen LogP contribution in [0.1, 0.15) is 47.1 Å². The Morgan fingerprint density at radius 1 is 1.21 bits per heavy atom. The number of ether oxygens (including phenoxy) is 1. The van der Waals surface area contributed by atoms with Crippen molar-refractivity contribution in [1.29, 1.82) is 0 Å². The van der Waals surface area contributed by atoms with Crippen LogP contribution < -0.4 is 0 Å². The van der Waals surface area contributed by atoms with Crippen molar-refractivity contribution < 1.29 is 23.7 Å². The molecule has 230 valence electrons. The molecule has 2 atom stereocenters. The number of benzene rings is 2. The average molecular weight is 660 g/mol. The predicted octanol–water partition coefficient (Wildman–Crippen LogP) is 7.97. The first-order chi connectivity index (χ1) is 20.1. The van der Waals surface area contributed by atoms with Gasteiger partial charge in [0.05, 0.1) is 33.3 Å². The number of non-ortho nitro benzene ring substituents is 1. The summed E-state index contributed by atoms with van der Waals surface area (Å²) in [4.78, 5) is 45.0. The lowest BCUT2D eigenvalue weighted by atomic mass is 9.90. The average Bonchev–Trinajstić information content (AvgIpc) is 3.42. The third-order valence-corrected chi connectivity index (χ3v) is 16.5. The number of thiazole rings is 1. The van der Waals surface area contributed by atoms with Crippen LogP contribution in [0.4, 0.5) is 5.69 Å². The number of allylic oxidation sites excluding steroid dienone is 1. The Balaban J connectivity index is 1.56. The van der Waals surface area contributed by atoms with E-state index in [0.717, 1.165) is 15.1 Å². The van der Waals surface area contributed by atoms with Crippen LogP contribution in [0.3, 0.4) is 0 Å². The van der Waals surface area contributed by atoms with E-state index >= 15 is 0 Å². The highest BCUT2D eigenvalue weighted by molar-refractivity contribution is 8.77. The molecule has 1 fully saturated rings. The number of likely N-dealkylation sites (tertiary alicyclic amines) is 1. The zero-order chi connectivity index (χ0) is 31.7. The first-order valence-corrected chi connectivity index (χ1v) is 19.8. The molecular weight excluding hydrogens is 623 g/mol. The Morgan fingerprint density at radius 3 is 2.47 bits per heavy atom. The third-order valence-electron chi connectivity index (χ3n) is 7.99. The molecule has 1 aliphatic rings. The molecule has 4 rings (SSSR count). The Labute approximate surface area is 265 Å². The molecule has 2 heterocycles. The fraction of sp³-hybridized carbons (Fsp3) is 0.433. The molecule has 3 aromatic rings. The van der Waals surface area contributed by atoms with Gasteiger partial charge in [-0.3, -0.25) is 14.9 Å². The quantitative estimate of drug-likeness (QED) is 0.0385. The summed E-state index contributed by atoms with van der Waals surface area (Å²) in [6.07, 6.45) is -0.418. The Morgan fingerprint density at radius 2 is 1.88 bits per heavy atom. The van der Waals surface area contributed by atoms with Crippen molar-refractivity contribution in [3.63, 3.8) is 0 Å². The van der Waals surface area contributed by atoms with Crippen molar-refractivity contribution in [2.75, 3.05) is 6.54 Å². The first kappa shape index (κ1) is 33.2. The Kier molecular flexibility index (Phi) is 9.82. The van der Waals surface area contributed by atoms with Crippen LogP contribution in [0.5, 0.6) is 0 Å². The minimum absolute atomic E-state index is 0.0435. The third kappa shape index (κ3) is 6.85. The molecule has 43 heavy (non-hydrogen) atoms. The Bertz CT molecular complexity index is 1560. The van der Waals surface area contributed by atoms with E-state index in [1.54, 1.807) is 37.3 Å². The van der Waals surface area contributed by atoms with E-state index in [9.17, 15) is 19.7 Å². The topological polar surface area (TPSA) is 112 Å². The van der Waals surface area contributed by atoms with Crippen molar-refractivity contribution in [2.24, 2.45) is 0 Å². The molecule has 1 aromatic heterocycles. The summed E-state index contributed by atoms with van der Waals surface area (Å²) in [5.74, 6) is -0.826. The maximum absolute atomic E-state index is 14.2. The summed E-state index contributed by atoms with van der Waals surface area (Å²) < 4.78 is 12.5. The number of β-lactam (4-membered cyclic amide) rings is 1. The highest BCUT2D eigenvalue weighted by Crippen LogP contribution is 2.53. The number of fused-ring (bicyclic) bond motifs is 1. The van der Waals surface area contributed by atoms with Gasteiger partial charge < -0.3 is 14.1 Å². The molecule has 2 aromatic carbocycles. The molecule has 1 amide bonds. The standard InChI is InChI=1S/C30H37N3O6S3Si/c1-19(2)26(27(34)38-16-21-12-14-22(15-13-21)33(36)37)32-17-30(28(32)35,20(3)39-43(7,8)29(4,5)6)42-41-24-11-9-10-23-25(24)31-18-40-23/h9-15,18,20H,16-17H2,1-8H3/t20-,30-/m1/s1. The molecule has 0 aliphatic carbocycles. The summed E-state index contributed by atoms with van der Waals surface area (Å²) in [6, 6.07) is 11.8. The van der Waals surface area contributed by atoms with Gasteiger partial charge in [0.15, 0.2) is 8.32 Å². The number of hydrogen-bond donors (Lipinski definition) is 0. The smallest absolute Gasteiger partial charge is 0.355 e. The summed E-state index contributed by atoms with van der Waals surface area (Å²) in [6.45, 7) is 16.6. The monoisotopic (exact) mass is 659 g/mol. The number of carbonyl (C=O) groups excluding carboxylic acids is 2. The molecular formula is C30H37N3O6S3Si. The van der Waals surface area contributed by atoms with Crippen molar-refractivity contribution in [2.45, 2.75) is 82.0 Å². The van der Waals surface area contributed by atoms with E-state index in [2.05, 4.69) is 38.8 Å². The molecule has 0 unspecified atom stereocenters. The van der Waals surface area contributed by atoms with Gasteiger partial charge in [0.1, 0.15) is 17.1 Å². The highest BCUT2D eigenvalue weighted by Gasteiger charge is 2.60. The van der Waals surface area contributed by atoms with Gasteiger partial charge in [0, 0.05) is 17.0 Å². The van der Waals surface area contributed by atoms with Crippen LogP contribution in [-0.2, 0) is 25.4 Å². The van der Waals surface area contributed by atoms with E-state index in [1.807, 2.05) is 30.6 Å². The van der Waals surface area contributed by atoms with E-state index in [0.29, 0.717) is 11.1 Å². The molecule has 0 spiro atoms. The van der Waals surface area contributed by atoms with Gasteiger partial charge >= 0.3 is 5.97 Å². The lowest BCUT2D eigenvalue weighted by Gasteiger charge is -2.53. The summed E-state index contributed by atoms with van der Waals surface area (Å²) >= 11 is 1.57. The normalized spacial score (nSPS) is 17.9.